The van der Waals surface area contributed by atoms with Crippen LogP contribution in [0.15, 0.2) is 182 Å². The van der Waals surface area contributed by atoms with E-state index in [0.29, 0.717) is 0 Å². The quantitative estimate of drug-likeness (QED) is 0.201. The monoisotopic (exact) mass is 546 g/mol. The third kappa shape index (κ3) is 4.07. The van der Waals surface area contributed by atoms with Crippen molar-refractivity contribution in [1.29, 1.82) is 0 Å². The average molecular weight is 547 g/mol. The van der Waals surface area contributed by atoms with Crippen LogP contribution >= 0.6 is 0 Å². The molecule has 0 heterocycles. The van der Waals surface area contributed by atoms with Crippen LogP contribution in [0.4, 0.5) is 0 Å². The summed E-state index contributed by atoms with van der Waals surface area (Å²) in [6, 6.07) is 66.5. The third-order valence-corrected chi connectivity index (χ3v) is 8.97. The van der Waals surface area contributed by atoms with Gasteiger partial charge in [-0.15, -0.1) is 0 Å². The summed E-state index contributed by atoms with van der Waals surface area (Å²) in [6.45, 7) is 0. The van der Waals surface area contributed by atoms with E-state index in [2.05, 4.69) is 182 Å². The zero-order valence-corrected chi connectivity index (χ0v) is 23.8. The van der Waals surface area contributed by atoms with Crippen LogP contribution in [-0.2, 0) is 5.41 Å². The van der Waals surface area contributed by atoms with Gasteiger partial charge in [-0.1, -0.05) is 176 Å². The largest absolute Gasteiger partial charge is 0.0719 e. The minimum Gasteiger partial charge on any atom is -0.0622 e. The van der Waals surface area contributed by atoms with Gasteiger partial charge in [0.05, 0.1) is 5.41 Å². The van der Waals surface area contributed by atoms with Gasteiger partial charge < -0.3 is 0 Å². The summed E-state index contributed by atoms with van der Waals surface area (Å²) >= 11 is 0. The molecule has 1 atom stereocenters. The fourth-order valence-electron chi connectivity index (χ4n) is 7.09. The summed E-state index contributed by atoms with van der Waals surface area (Å²) in [4.78, 5) is 0. The molecule has 0 nitrogen and oxygen atoms in total. The molecule has 0 fully saturated rings. The van der Waals surface area contributed by atoms with E-state index in [1.807, 2.05) is 0 Å². The van der Waals surface area contributed by atoms with E-state index in [0.717, 1.165) is 0 Å². The average Bonchev–Trinajstić information content (AvgIpc) is 3.41. The zero-order valence-electron chi connectivity index (χ0n) is 23.8. The van der Waals surface area contributed by atoms with Crippen molar-refractivity contribution in [2.75, 3.05) is 0 Å². The summed E-state index contributed by atoms with van der Waals surface area (Å²) in [5, 5.41) is 0. The first-order valence-corrected chi connectivity index (χ1v) is 14.9. The van der Waals surface area contributed by atoms with E-state index in [1.165, 1.54) is 66.8 Å². The number of hydrogen-bond donors (Lipinski definition) is 0. The Morgan fingerprint density at radius 2 is 0.744 bits per heavy atom. The van der Waals surface area contributed by atoms with Crippen molar-refractivity contribution in [1.82, 2.24) is 0 Å². The second kappa shape index (κ2) is 10.4. The molecule has 0 N–H and O–H groups in total. The standard InChI is InChI=1S/C43H30/c1-4-14-31(15-5-1)33-26-28-34(29-27-33)38-23-13-24-40-39-22-10-11-25-41(39)43(42(38)40,36-19-8-3-9-20-36)37-21-12-18-35(30-37)32-16-6-2-7-17-32/h1-30H. The van der Waals surface area contributed by atoms with Crippen LogP contribution in [0.5, 0.6) is 0 Å². The lowest BCUT2D eigenvalue weighted by Crippen LogP contribution is -2.29. The first-order valence-electron chi connectivity index (χ1n) is 14.9. The second-order valence-electron chi connectivity index (χ2n) is 11.3. The van der Waals surface area contributed by atoms with Gasteiger partial charge in [-0.3, -0.25) is 0 Å². The predicted molar refractivity (Wildman–Crippen MR) is 180 cm³/mol. The van der Waals surface area contributed by atoms with Crippen LogP contribution < -0.4 is 0 Å². The van der Waals surface area contributed by atoms with Crippen LogP contribution in [0.2, 0.25) is 0 Å². The molecule has 0 radical (unpaired) electrons. The second-order valence-corrected chi connectivity index (χ2v) is 11.3. The molecule has 0 bridgehead atoms. The third-order valence-electron chi connectivity index (χ3n) is 8.97. The maximum absolute atomic E-state index is 2.41. The van der Waals surface area contributed by atoms with Gasteiger partial charge in [-0.25, -0.2) is 0 Å². The van der Waals surface area contributed by atoms with Crippen molar-refractivity contribution in [2.45, 2.75) is 5.41 Å². The molecule has 0 saturated carbocycles. The highest BCUT2D eigenvalue weighted by Crippen LogP contribution is 2.58. The predicted octanol–water partition coefficient (Wildman–Crippen LogP) is 11.1. The highest BCUT2D eigenvalue weighted by atomic mass is 14.5. The van der Waals surface area contributed by atoms with Crippen molar-refractivity contribution >= 4 is 0 Å². The molecule has 0 aromatic heterocycles. The minimum absolute atomic E-state index is 0.479. The highest BCUT2D eigenvalue weighted by molar-refractivity contribution is 5.93. The number of hydrogen-bond acceptors (Lipinski definition) is 0. The lowest BCUT2D eigenvalue weighted by Gasteiger charge is -2.35. The van der Waals surface area contributed by atoms with Crippen molar-refractivity contribution in [3.05, 3.63) is 204 Å². The molecule has 0 spiro atoms. The molecule has 1 aliphatic rings. The summed E-state index contributed by atoms with van der Waals surface area (Å²) in [5.41, 5.74) is 14.8. The van der Waals surface area contributed by atoms with E-state index >= 15 is 0 Å². The van der Waals surface area contributed by atoms with Gasteiger partial charge in [0.15, 0.2) is 0 Å². The van der Waals surface area contributed by atoms with E-state index in [-0.39, 0.29) is 0 Å². The van der Waals surface area contributed by atoms with E-state index in [9.17, 15) is 0 Å². The summed E-state index contributed by atoms with van der Waals surface area (Å²) in [5.74, 6) is 0. The first-order chi connectivity index (χ1) is 21.3. The Bertz CT molecular complexity index is 2040. The summed E-state index contributed by atoms with van der Waals surface area (Å²) in [7, 11) is 0. The Labute approximate surface area is 253 Å². The first kappa shape index (κ1) is 25.3. The van der Waals surface area contributed by atoms with E-state index in [4.69, 9.17) is 0 Å². The Morgan fingerprint density at radius 3 is 1.47 bits per heavy atom. The smallest absolute Gasteiger partial charge is 0.0622 e. The van der Waals surface area contributed by atoms with Crippen LogP contribution in [0.3, 0.4) is 0 Å². The molecule has 202 valence electrons. The van der Waals surface area contributed by atoms with Gasteiger partial charge >= 0.3 is 0 Å². The van der Waals surface area contributed by atoms with Crippen molar-refractivity contribution in [3.63, 3.8) is 0 Å². The van der Waals surface area contributed by atoms with Crippen LogP contribution in [0.25, 0.3) is 44.5 Å². The maximum Gasteiger partial charge on any atom is 0.0719 e. The number of fused-ring (bicyclic) bond motifs is 3. The molecule has 43 heavy (non-hydrogen) atoms. The van der Waals surface area contributed by atoms with Crippen molar-refractivity contribution in [3.8, 4) is 44.5 Å². The molecule has 1 unspecified atom stereocenters. The van der Waals surface area contributed by atoms with Gasteiger partial charge in [0, 0.05) is 0 Å². The highest BCUT2D eigenvalue weighted by Gasteiger charge is 2.47. The number of rotatable bonds is 5. The van der Waals surface area contributed by atoms with E-state index in [1.54, 1.807) is 0 Å². The number of benzene rings is 7. The lowest BCUT2D eigenvalue weighted by molar-refractivity contribution is 0.770. The molecule has 0 aliphatic heterocycles. The summed E-state index contributed by atoms with van der Waals surface area (Å²) < 4.78 is 0. The Morgan fingerprint density at radius 1 is 0.279 bits per heavy atom. The van der Waals surface area contributed by atoms with Crippen molar-refractivity contribution < 1.29 is 0 Å². The van der Waals surface area contributed by atoms with Gasteiger partial charge in [0.25, 0.3) is 0 Å². The SMILES string of the molecule is c1ccc(-c2ccc(-c3cccc4c3C(c3ccccc3)(c3cccc(-c5ccccc5)c3)c3ccccc3-4)cc2)cc1. The van der Waals surface area contributed by atoms with E-state index < -0.39 is 5.41 Å². The Hall–Kier alpha value is -5.46. The normalized spacial score (nSPS) is 15.1. The lowest BCUT2D eigenvalue weighted by atomic mass is 9.66. The molecular formula is C43H30. The maximum atomic E-state index is 2.41. The van der Waals surface area contributed by atoms with Crippen molar-refractivity contribution in [2.24, 2.45) is 0 Å². The Kier molecular flexibility index (Phi) is 6.12. The molecule has 0 amide bonds. The molecule has 7 aromatic rings. The van der Waals surface area contributed by atoms with Gasteiger partial charge in [0.2, 0.25) is 0 Å². The van der Waals surface area contributed by atoms with Gasteiger partial charge in [0.1, 0.15) is 0 Å². The molecule has 0 saturated heterocycles. The minimum atomic E-state index is -0.479. The van der Waals surface area contributed by atoms with Gasteiger partial charge in [-0.05, 0) is 72.8 Å². The van der Waals surface area contributed by atoms with Crippen LogP contribution in [-0.4, -0.2) is 0 Å². The van der Waals surface area contributed by atoms with Gasteiger partial charge in [-0.2, -0.15) is 0 Å². The molecule has 7 aromatic carbocycles. The summed E-state index contributed by atoms with van der Waals surface area (Å²) in [6.07, 6.45) is 0. The fourth-order valence-corrected chi connectivity index (χ4v) is 7.09. The molecule has 8 rings (SSSR count). The topological polar surface area (TPSA) is 0 Å². The fraction of sp³-hybridized carbons (Fsp3) is 0.0233. The molecule has 0 heteroatoms. The van der Waals surface area contributed by atoms with Crippen LogP contribution in [0, 0.1) is 0 Å². The molecule has 1 aliphatic carbocycles. The van der Waals surface area contributed by atoms with Crippen LogP contribution in [0.1, 0.15) is 22.3 Å². The zero-order chi connectivity index (χ0) is 28.6. The Balaban J connectivity index is 1.42. The molecular weight excluding hydrogens is 516 g/mol.